The highest BCUT2D eigenvalue weighted by Crippen LogP contribution is 2.24. The normalized spacial score (nSPS) is 12.1. The van der Waals surface area contributed by atoms with E-state index >= 15 is 0 Å². The van der Waals surface area contributed by atoms with Crippen LogP contribution < -0.4 is 5.32 Å². The molecule has 0 radical (unpaired) electrons. The molecule has 0 aliphatic rings. The Morgan fingerprint density at radius 1 is 1.08 bits per heavy atom. The van der Waals surface area contributed by atoms with Gasteiger partial charge >= 0.3 is 0 Å². The van der Waals surface area contributed by atoms with Gasteiger partial charge in [-0.15, -0.1) is 5.10 Å². The molecule has 2 amide bonds. The number of nitrogens with zero attached hydrogens (tertiary/aromatic N) is 4. The number of para-hydroxylation sites is 1. The first kappa shape index (κ1) is 25.2. The molecule has 0 aliphatic carbocycles. The van der Waals surface area contributed by atoms with Crippen LogP contribution in [0, 0.1) is 12.8 Å². The van der Waals surface area contributed by atoms with E-state index in [-0.39, 0.29) is 18.4 Å². The molecule has 0 bridgehead atoms. The van der Waals surface area contributed by atoms with E-state index in [1.807, 2.05) is 49.4 Å². The summed E-state index contributed by atoms with van der Waals surface area (Å²) in [6, 6.07) is 18.2. The molecule has 0 saturated carbocycles. The largest absolute Gasteiger partial charge is 0.467 e. The van der Waals surface area contributed by atoms with Gasteiger partial charge in [0.25, 0.3) is 5.91 Å². The molecule has 2 aromatic heterocycles. The van der Waals surface area contributed by atoms with Crippen molar-refractivity contribution in [3.05, 3.63) is 83.8 Å². The Bertz CT molecular complexity index is 1300. The molecule has 1 unspecified atom stereocenters. The number of benzene rings is 2. The molecular formula is C28H33N5O3. The molecule has 0 spiro atoms. The maximum absolute atomic E-state index is 13.8. The van der Waals surface area contributed by atoms with Gasteiger partial charge in [0.1, 0.15) is 17.8 Å². The summed E-state index contributed by atoms with van der Waals surface area (Å²) in [5.41, 5.74) is 3.72. The third kappa shape index (κ3) is 6.19. The Labute approximate surface area is 211 Å². The predicted octanol–water partition coefficient (Wildman–Crippen LogP) is 4.31. The van der Waals surface area contributed by atoms with Crippen LogP contribution in [0.4, 0.5) is 0 Å². The number of carbonyl (C=O) groups is 2. The van der Waals surface area contributed by atoms with Crippen LogP contribution in [-0.4, -0.2) is 44.8 Å². The number of hydrogen-bond donors (Lipinski definition) is 1. The predicted molar refractivity (Wildman–Crippen MR) is 138 cm³/mol. The van der Waals surface area contributed by atoms with Gasteiger partial charge in [0.2, 0.25) is 5.91 Å². The SMILES string of the molecule is Cc1cccc(CCN(C(=O)Cn2nnc3ccccc32)C(C(=O)NCCC(C)C)c2ccco2)c1. The lowest BCUT2D eigenvalue weighted by Gasteiger charge is -2.30. The number of aromatic nitrogens is 3. The van der Waals surface area contributed by atoms with Gasteiger partial charge in [0.15, 0.2) is 6.04 Å². The Morgan fingerprint density at radius 2 is 1.92 bits per heavy atom. The molecule has 188 valence electrons. The molecule has 0 saturated heterocycles. The second-order valence-electron chi connectivity index (χ2n) is 9.45. The molecule has 0 fully saturated rings. The third-order valence-electron chi connectivity index (χ3n) is 6.14. The van der Waals surface area contributed by atoms with Crippen LogP contribution in [0.15, 0.2) is 71.3 Å². The topological polar surface area (TPSA) is 93.3 Å². The van der Waals surface area contributed by atoms with Gasteiger partial charge in [-0.05, 0) is 55.5 Å². The highest BCUT2D eigenvalue weighted by Gasteiger charge is 2.33. The van der Waals surface area contributed by atoms with Crippen molar-refractivity contribution in [3.63, 3.8) is 0 Å². The minimum Gasteiger partial charge on any atom is -0.467 e. The molecule has 8 heteroatoms. The maximum Gasteiger partial charge on any atom is 0.250 e. The summed E-state index contributed by atoms with van der Waals surface area (Å²) < 4.78 is 7.24. The van der Waals surface area contributed by atoms with E-state index in [1.165, 1.54) is 6.26 Å². The second kappa shape index (κ2) is 11.7. The lowest BCUT2D eigenvalue weighted by atomic mass is 10.1. The summed E-state index contributed by atoms with van der Waals surface area (Å²) in [5.74, 6) is 0.385. The average molecular weight is 488 g/mol. The van der Waals surface area contributed by atoms with Crippen molar-refractivity contribution in [1.29, 1.82) is 0 Å². The molecule has 4 aromatic rings. The Morgan fingerprint density at radius 3 is 2.67 bits per heavy atom. The van der Waals surface area contributed by atoms with Gasteiger partial charge in [-0.3, -0.25) is 9.59 Å². The van der Waals surface area contributed by atoms with Crippen molar-refractivity contribution in [1.82, 2.24) is 25.2 Å². The molecule has 2 aromatic carbocycles. The number of fused-ring (bicyclic) bond motifs is 1. The minimum absolute atomic E-state index is 0.0369. The van der Waals surface area contributed by atoms with Gasteiger partial charge in [0.05, 0.1) is 11.8 Å². The van der Waals surface area contributed by atoms with Crippen molar-refractivity contribution in [2.75, 3.05) is 13.1 Å². The standard InChI is InChI=1S/C28H33N5O3/c1-20(2)13-15-29-28(35)27(25-12-7-17-36-25)32(16-14-22-9-6-8-21(3)18-22)26(34)19-33-24-11-5-4-10-23(24)30-31-33/h4-12,17-18,20,27H,13-16,19H2,1-3H3,(H,29,35). The fourth-order valence-electron chi connectivity index (χ4n) is 4.22. The lowest BCUT2D eigenvalue weighted by molar-refractivity contribution is -0.142. The number of rotatable bonds is 11. The van der Waals surface area contributed by atoms with Gasteiger partial charge in [-0.1, -0.05) is 61.0 Å². The van der Waals surface area contributed by atoms with E-state index in [9.17, 15) is 9.59 Å². The van der Waals surface area contributed by atoms with Crippen LogP contribution >= 0.6 is 0 Å². The fourth-order valence-corrected chi connectivity index (χ4v) is 4.22. The molecule has 1 N–H and O–H groups in total. The van der Waals surface area contributed by atoms with E-state index in [1.54, 1.807) is 21.7 Å². The molecular weight excluding hydrogens is 454 g/mol. The highest BCUT2D eigenvalue weighted by molar-refractivity contribution is 5.88. The Hall–Kier alpha value is -3.94. The van der Waals surface area contributed by atoms with Crippen LogP contribution in [-0.2, 0) is 22.6 Å². The number of carbonyl (C=O) groups excluding carboxylic acids is 2. The van der Waals surface area contributed by atoms with E-state index < -0.39 is 6.04 Å². The first-order valence-corrected chi connectivity index (χ1v) is 12.4. The van der Waals surface area contributed by atoms with Gasteiger partial charge in [0, 0.05) is 13.1 Å². The number of aryl methyl sites for hydroxylation is 1. The number of amides is 2. The second-order valence-corrected chi connectivity index (χ2v) is 9.45. The summed E-state index contributed by atoms with van der Waals surface area (Å²) in [6.07, 6.45) is 2.97. The van der Waals surface area contributed by atoms with Crippen LogP contribution in [0.2, 0.25) is 0 Å². The van der Waals surface area contributed by atoms with E-state index in [2.05, 4.69) is 35.5 Å². The monoisotopic (exact) mass is 487 g/mol. The van der Waals surface area contributed by atoms with Crippen molar-refractivity contribution in [2.24, 2.45) is 5.92 Å². The molecule has 36 heavy (non-hydrogen) atoms. The van der Waals surface area contributed by atoms with Crippen LogP contribution in [0.3, 0.4) is 0 Å². The summed E-state index contributed by atoms with van der Waals surface area (Å²) in [6.45, 7) is 7.09. The average Bonchev–Trinajstić information content (AvgIpc) is 3.52. The van der Waals surface area contributed by atoms with Gasteiger partial charge in [-0.2, -0.15) is 0 Å². The maximum atomic E-state index is 13.8. The quantitative estimate of drug-likeness (QED) is 0.340. The molecule has 8 nitrogen and oxygen atoms in total. The summed E-state index contributed by atoms with van der Waals surface area (Å²) in [5, 5.41) is 11.4. The number of nitrogens with one attached hydrogen (secondary N) is 1. The van der Waals surface area contributed by atoms with Gasteiger partial charge in [-0.25, -0.2) is 4.68 Å². The highest BCUT2D eigenvalue weighted by atomic mass is 16.3. The van der Waals surface area contributed by atoms with Crippen molar-refractivity contribution in [3.8, 4) is 0 Å². The van der Waals surface area contributed by atoms with Crippen LogP contribution in [0.1, 0.15) is 43.2 Å². The first-order chi connectivity index (χ1) is 17.4. The zero-order valence-electron chi connectivity index (χ0n) is 21.1. The molecule has 0 aliphatic heterocycles. The lowest BCUT2D eigenvalue weighted by Crippen LogP contribution is -2.46. The molecule has 4 rings (SSSR count). The number of furan rings is 1. The summed E-state index contributed by atoms with van der Waals surface area (Å²) in [7, 11) is 0. The van der Waals surface area contributed by atoms with Crippen molar-refractivity contribution in [2.45, 2.75) is 46.2 Å². The minimum atomic E-state index is -0.890. The van der Waals surface area contributed by atoms with E-state index in [0.29, 0.717) is 36.7 Å². The summed E-state index contributed by atoms with van der Waals surface area (Å²) in [4.78, 5) is 28.8. The first-order valence-electron chi connectivity index (χ1n) is 12.4. The van der Waals surface area contributed by atoms with Crippen LogP contribution in [0.5, 0.6) is 0 Å². The van der Waals surface area contributed by atoms with Crippen molar-refractivity contribution >= 4 is 22.8 Å². The smallest absolute Gasteiger partial charge is 0.250 e. The van der Waals surface area contributed by atoms with Crippen molar-refractivity contribution < 1.29 is 14.0 Å². The molecule has 2 heterocycles. The fraction of sp³-hybridized carbons (Fsp3) is 0.357. The molecule has 1 atom stereocenters. The Kier molecular flexibility index (Phi) is 8.15. The third-order valence-corrected chi connectivity index (χ3v) is 6.14. The summed E-state index contributed by atoms with van der Waals surface area (Å²) >= 11 is 0. The van der Waals surface area contributed by atoms with Gasteiger partial charge < -0.3 is 14.6 Å². The zero-order chi connectivity index (χ0) is 25.5. The Balaban J connectivity index is 1.63. The number of hydrogen-bond acceptors (Lipinski definition) is 5. The van der Waals surface area contributed by atoms with Crippen LogP contribution in [0.25, 0.3) is 11.0 Å². The van der Waals surface area contributed by atoms with E-state index in [4.69, 9.17) is 4.42 Å². The zero-order valence-corrected chi connectivity index (χ0v) is 21.1. The van der Waals surface area contributed by atoms with E-state index in [0.717, 1.165) is 23.1 Å².